The quantitative estimate of drug-likeness (QED) is 0.821. The van der Waals surface area contributed by atoms with Crippen LogP contribution in [0.2, 0.25) is 0 Å². The van der Waals surface area contributed by atoms with Crippen LogP contribution < -0.4 is 0 Å². The van der Waals surface area contributed by atoms with Gasteiger partial charge in [0.25, 0.3) is 0 Å². The summed E-state index contributed by atoms with van der Waals surface area (Å²) in [6.07, 6.45) is -9.85. The Morgan fingerprint density at radius 3 is 1.78 bits per heavy atom. The molecule has 0 atom stereocenters. The van der Waals surface area contributed by atoms with Crippen molar-refractivity contribution in [1.82, 2.24) is 4.90 Å². The first-order chi connectivity index (χ1) is 10.3. The fourth-order valence-corrected chi connectivity index (χ4v) is 1.94. The maximum Gasteiger partial charge on any atom is 0.416 e. The summed E-state index contributed by atoms with van der Waals surface area (Å²) in [5.41, 5.74) is -3.08. The van der Waals surface area contributed by atoms with Crippen molar-refractivity contribution >= 4 is 5.97 Å². The molecule has 0 aliphatic heterocycles. The summed E-state index contributed by atoms with van der Waals surface area (Å²) in [6.45, 7) is 2.37. The highest BCUT2D eigenvalue weighted by Crippen LogP contribution is 2.36. The summed E-state index contributed by atoms with van der Waals surface area (Å²) in [4.78, 5) is 12.0. The molecule has 23 heavy (non-hydrogen) atoms. The molecule has 0 saturated heterocycles. The number of benzene rings is 1. The van der Waals surface area contributed by atoms with Gasteiger partial charge in [-0.05, 0) is 37.6 Å². The van der Waals surface area contributed by atoms with Crippen LogP contribution in [0.5, 0.6) is 0 Å². The van der Waals surface area contributed by atoms with E-state index in [1.807, 2.05) is 0 Å². The van der Waals surface area contributed by atoms with Crippen LogP contribution >= 0.6 is 0 Å². The van der Waals surface area contributed by atoms with Gasteiger partial charge in [-0.2, -0.15) is 26.3 Å². The molecule has 1 aromatic rings. The van der Waals surface area contributed by atoms with Crippen molar-refractivity contribution in [3.8, 4) is 0 Å². The van der Waals surface area contributed by atoms with Gasteiger partial charge in [-0.15, -0.1) is 0 Å². The van der Waals surface area contributed by atoms with Crippen LogP contribution in [0.15, 0.2) is 18.2 Å². The maximum absolute atomic E-state index is 12.8. The summed E-state index contributed by atoms with van der Waals surface area (Å²) >= 11 is 0. The van der Waals surface area contributed by atoms with Gasteiger partial charge in [0.2, 0.25) is 0 Å². The molecule has 1 aromatic carbocycles. The fraction of sp³-hybridized carbons (Fsp3) is 0.500. The number of carbonyl (C=O) groups is 1. The van der Waals surface area contributed by atoms with E-state index in [4.69, 9.17) is 5.11 Å². The number of carboxylic acid groups (broad SMARTS) is 1. The van der Waals surface area contributed by atoms with E-state index in [-0.39, 0.29) is 24.2 Å². The van der Waals surface area contributed by atoms with Gasteiger partial charge < -0.3 is 5.11 Å². The zero-order valence-electron chi connectivity index (χ0n) is 12.3. The third kappa shape index (κ3) is 5.74. The van der Waals surface area contributed by atoms with Crippen molar-refractivity contribution in [1.29, 1.82) is 0 Å². The molecule has 0 fully saturated rings. The number of nitrogens with zero attached hydrogens (tertiary/aromatic N) is 1. The molecule has 0 amide bonds. The van der Waals surface area contributed by atoms with Crippen molar-refractivity contribution in [3.05, 3.63) is 34.9 Å². The van der Waals surface area contributed by atoms with E-state index >= 15 is 0 Å². The highest BCUT2D eigenvalue weighted by atomic mass is 19.4. The molecular formula is C14H15F6NO2. The molecule has 130 valence electrons. The van der Waals surface area contributed by atoms with Gasteiger partial charge in [0, 0.05) is 12.6 Å². The van der Waals surface area contributed by atoms with E-state index in [1.54, 1.807) is 13.8 Å². The molecule has 0 unspecified atom stereocenters. The van der Waals surface area contributed by atoms with E-state index < -0.39 is 36.0 Å². The summed E-state index contributed by atoms with van der Waals surface area (Å²) < 4.78 is 76.6. The molecule has 0 aliphatic carbocycles. The maximum atomic E-state index is 12.8. The van der Waals surface area contributed by atoms with Crippen LogP contribution in [0.4, 0.5) is 26.3 Å². The molecule has 0 bridgehead atoms. The van der Waals surface area contributed by atoms with Gasteiger partial charge in [0.05, 0.1) is 17.7 Å². The van der Waals surface area contributed by atoms with E-state index in [2.05, 4.69) is 0 Å². The smallest absolute Gasteiger partial charge is 0.416 e. The van der Waals surface area contributed by atoms with Gasteiger partial charge in [-0.25, -0.2) is 0 Å². The molecule has 0 spiro atoms. The van der Waals surface area contributed by atoms with Gasteiger partial charge >= 0.3 is 18.3 Å². The molecule has 9 heteroatoms. The Morgan fingerprint density at radius 2 is 1.48 bits per heavy atom. The van der Waals surface area contributed by atoms with Crippen LogP contribution in [-0.4, -0.2) is 28.6 Å². The Balaban J connectivity index is 3.26. The zero-order valence-corrected chi connectivity index (χ0v) is 12.3. The second-order valence-electron chi connectivity index (χ2n) is 5.31. The molecule has 0 saturated carbocycles. The van der Waals surface area contributed by atoms with Crippen molar-refractivity contribution in [2.75, 3.05) is 6.54 Å². The van der Waals surface area contributed by atoms with E-state index in [9.17, 15) is 31.1 Å². The predicted octanol–water partition coefficient (Wildman–Crippen LogP) is 4.02. The monoisotopic (exact) mass is 343 g/mol. The van der Waals surface area contributed by atoms with Crippen molar-refractivity contribution in [2.24, 2.45) is 0 Å². The van der Waals surface area contributed by atoms with Crippen LogP contribution in [0.25, 0.3) is 0 Å². The number of halogens is 6. The van der Waals surface area contributed by atoms with Crippen LogP contribution in [0, 0.1) is 0 Å². The Morgan fingerprint density at radius 1 is 1.04 bits per heavy atom. The third-order valence-corrected chi connectivity index (χ3v) is 3.10. The lowest BCUT2D eigenvalue weighted by atomic mass is 10.0. The normalized spacial score (nSPS) is 13.0. The second kappa shape index (κ2) is 6.77. The van der Waals surface area contributed by atoms with Gasteiger partial charge in [0.1, 0.15) is 0 Å². The number of carboxylic acids is 1. The number of aliphatic carboxylic acids is 1. The van der Waals surface area contributed by atoms with Crippen LogP contribution in [-0.2, 0) is 23.7 Å². The molecule has 0 radical (unpaired) electrons. The van der Waals surface area contributed by atoms with Crippen LogP contribution in [0.3, 0.4) is 0 Å². The Labute approximate surface area is 128 Å². The second-order valence-corrected chi connectivity index (χ2v) is 5.31. The minimum atomic E-state index is -4.93. The lowest BCUT2D eigenvalue weighted by molar-refractivity contribution is -0.143. The van der Waals surface area contributed by atoms with Crippen molar-refractivity contribution in [2.45, 2.75) is 38.8 Å². The molecule has 3 nitrogen and oxygen atoms in total. The van der Waals surface area contributed by atoms with Crippen molar-refractivity contribution in [3.63, 3.8) is 0 Å². The standard InChI is InChI=1S/C14H15F6NO2/c1-8(2)21(7-12(22)23)6-9-3-10(13(15,16)17)5-11(4-9)14(18,19)20/h3-5,8H,6-7H2,1-2H3,(H,22,23). The predicted molar refractivity (Wildman–Crippen MR) is 69.6 cm³/mol. The number of hydrogen-bond donors (Lipinski definition) is 1. The number of rotatable bonds is 5. The van der Waals surface area contributed by atoms with Gasteiger partial charge in [-0.3, -0.25) is 9.69 Å². The third-order valence-electron chi connectivity index (χ3n) is 3.10. The zero-order chi connectivity index (χ0) is 18.0. The molecule has 1 rings (SSSR count). The minimum Gasteiger partial charge on any atom is -0.480 e. The van der Waals surface area contributed by atoms with Crippen molar-refractivity contribution < 1.29 is 36.2 Å². The minimum absolute atomic E-state index is 0.0421. The molecular weight excluding hydrogens is 328 g/mol. The van der Waals surface area contributed by atoms with E-state index in [0.717, 1.165) is 0 Å². The Bertz CT molecular complexity index is 533. The summed E-state index contributed by atoms with van der Waals surface area (Å²) in [7, 11) is 0. The van der Waals surface area contributed by atoms with Crippen LogP contribution in [0.1, 0.15) is 30.5 Å². The molecule has 0 aromatic heterocycles. The van der Waals surface area contributed by atoms with E-state index in [1.165, 1.54) is 4.90 Å². The lowest BCUT2D eigenvalue weighted by Crippen LogP contribution is -2.35. The van der Waals surface area contributed by atoms with Gasteiger partial charge in [0.15, 0.2) is 0 Å². The summed E-state index contributed by atoms with van der Waals surface area (Å²) in [5, 5.41) is 8.78. The Kier molecular flexibility index (Phi) is 5.68. The largest absolute Gasteiger partial charge is 0.480 e. The highest BCUT2D eigenvalue weighted by Gasteiger charge is 2.37. The number of alkyl halides is 6. The highest BCUT2D eigenvalue weighted by molar-refractivity contribution is 5.69. The fourth-order valence-electron chi connectivity index (χ4n) is 1.94. The summed E-state index contributed by atoms with van der Waals surface area (Å²) in [5.74, 6) is -1.22. The SMILES string of the molecule is CC(C)N(CC(=O)O)Cc1cc(C(F)(F)F)cc(C(F)(F)F)c1. The Hall–Kier alpha value is -1.77. The summed E-state index contributed by atoms with van der Waals surface area (Å²) in [6, 6.07) is 0.884. The van der Waals surface area contributed by atoms with E-state index in [0.29, 0.717) is 12.1 Å². The first kappa shape index (κ1) is 19.3. The number of hydrogen-bond acceptors (Lipinski definition) is 2. The first-order valence-corrected chi connectivity index (χ1v) is 6.55. The molecule has 0 heterocycles. The lowest BCUT2D eigenvalue weighted by Gasteiger charge is -2.25. The average Bonchev–Trinajstić information content (AvgIpc) is 2.34. The van der Waals surface area contributed by atoms with Gasteiger partial charge in [-0.1, -0.05) is 0 Å². The average molecular weight is 343 g/mol. The molecule has 0 aliphatic rings. The molecule has 1 N–H and O–H groups in total. The topological polar surface area (TPSA) is 40.5 Å². The first-order valence-electron chi connectivity index (χ1n) is 6.55.